The summed E-state index contributed by atoms with van der Waals surface area (Å²) < 4.78 is 38.1. The van der Waals surface area contributed by atoms with Crippen molar-refractivity contribution < 1.29 is 18.0 Å². The van der Waals surface area contributed by atoms with Crippen LogP contribution in [0.3, 0.4) is 0 Å². The van der Waals surface area contributed by atoms with Crippen molar-refractivity contribution in [2.75, 3.05) is 31.1 Å². The number of hydrogen-bond donors (Lipinski definition) is 1. The molecule has 0 aliphatic carbocycles. The molecular weight excluding hydrogens is 373 g/mol. The molecule has 2 aromatic rings. The number of amides is 1. The fourth-order valence-corrected chi connectivity index (χ4v) is 2.99. The van der Waals surface area contributed by atoms with E-state index in [0.29, 0.717) is 26.2 Å². The van der Waals surface area contributed by atoms with E-state index in [0.717, 1.165) is 12.3 Å². The quantitative estimate of drug-likeness (QED) is 0.860. The van der Waals surface area contributed by atoms with Gasteiger partial charge in [0.15, 0.2) is 0 Å². The summed E-state index contributed by atoms with van der Waals surface area (Å²) in [7, 11) is 0. The molecule has 3 rings (SSSR count). The predicted octanol–water partition coefficient (Wildman–Crippen LogP) is 2.40. The minimum absolute atomic E-state index is 0.0478. The van der Waals surface area contributed by atoms with E-state index < -0.39 is 23.2 Å². The molecule has 1 amide bonds. The Labute approximate surface area is 151 Å². The van der Waals surface area contributed by atoms with Crippen LogP contribution < -0.4 is 10.5 Å². The molecule has 1 saturated heterocycles. The fraction of sp³-hybridized carbons (Fsp3) is 0.312. The lowest BCUT2D eigenvalue weighted by molar-refractivity contribution is -0.137. The zero-order valence-electron chi connectivity index (χ0n) is 13.4. The third kappa shape index (κ3) is 3.67. The second-order valence-electron chi connectivity index (χ2n) is 5.72. The monoisotopic (exact) mass is 386 g/mol. The first kappa shape index (κ1) is 18.2. The van der Waals surface area contributed by atoms with Crippen LogP contribution in [0.2, 0.25) is 5.02 Å². The molecule has 26 heavy (non-hydrogen) atoms. The van der Waals surface area contributed by atoms with Gasteiger partial charge in [-0.1, -0.05) is 11.6 Å². The molecule has 0 aromatic carbocycles. The maximum Gasteiger partial charge on any atom is 0.417 e. The number of anilines is 1. The van der Waals surface area contributed by atoms with Crippen LogP contribution in [-0.4, -0.2) is 47.0 Å². The van der Waals surface area contributed by atoms with Gasteiger partial charge in [-0.15, -0.1) is 0 Å². The summed E-state index contributed by atoms with van der Waals surface area (Å²) in [6.45, 7) is 1.28. The maximum atomic E-state index is 12.7. The van der Waals surface area contributed by atoms with Gasteiger partial charge in [0, 0.05) is 38.6 Å². The lowest BCUT2D eigenvalue weighted by atomic mass is 10.2. The fourth-order valence-electron chi connectivity index (χ4n) is 2.70. The van der Waals surface area contributed by atoms with E-state index in [9.17, 15) is 22.8 Å². The molecule has 1 aliphatic rings. The van der Waals surface area contributed by atoms with Crippen LogP contribution in [0.5, 0.6) is 0 Å². The summed E-state index contributed by atoms with van der Waals surface area (Å²) in [6, 6.07) is 3.85. The van der Waals surface area contributed by atoms with Crippen molar-refractivity contribution in [1.29, 1.82) is 0 Å². The van der Waals surface area contributed by atoms with Crippen LogP contribution in [-0.2, 0) is 6.18 Å². The van der Waals surface area contributed by atoms with Crippen molar-refractivity contribution in [3.63, 3.8) is 0 Å². The Bertz CT molecular complexity index is 876. The number of carbonyl (C=O) groups is 1. The molecule has 1 fully saturated rings. The first-order valence-corrected chi connectivity index (χ1v) is 8.10. The molecule has 0 spiro atoms. The number of nitrogens with one attached hydrogen (secondary N) is 1. The first-order chi connectivity index (χ1) is 12.3. The first-order valence-electron chi connectivity index (χ1n) is 7.72. The van der Waals surface area contributed by atoms with E-state index in [1.807, 2.05) is 0 Å². The average Bonchev–Trinajstić information content (AvgIpc) is 2.61. The lowest BCUT2D eigenvalue weighted by Crippen LogP contribution is -2.50. The number of alkyl halides is 3. The molecule has 0 radical (unpaired) electrons. The largest absolute Gasteiger partial charge is 0.417 e. The molecule has 1 aliphatic heterocycles. The van der Waals surface area contributed by atoms with Gasteiger partial charge < -0.3 is 14.8 Å². The van der Waals surface area contributed by atoms with Crippen molar-refractivity contribution in [1.82, 2.24) is 14.9 Å². The highest BCUT2D eigenvalue weighted by molar-refractivity contribution is 6.33. The second-order valence-corrected chi connectivity index (χ2v) is 6.13. The molecule has 6 nitrogen and oxygen atoms in total. The zero-order chi connectivity index (χ0) is 18.9. The van der Waals surface area contributed by atoms with E-state index in [1.165, 1.54) is 17.2 Å². The van der Waals surface area contributed by atoms with Crippen LogP contribution in [0.15, 0.2) is 35.4 Å². The van der Waals surface area contributed by atoms with Gasteiger partial charge >= 0.3 is 6.18 Å². The molecule has 2 aromatic heterocycles. The SMILES string of the molecule is O=C(c1ccc[nH]c1=O)N1CCN(c2ncc(C(F)(F)F)cc2Cl)CC1. The maximum absolute atomic E-state index is 12.7. The number of H-pyrrole nitrogens is 1. The molecule has 0 bridgehead atoms. The highest BCUT2D eigenvalue weighted by Crippen LogP contribution is 2.33. The minimum atomic E-state index is -4.51. The van der Waals surface area contributed by atoms with Crippen LogP contribution in [0, 0.1) is 0 Å². The molecule has 138 valence electrons. The normalized spacial score (nSPS) is 15.2. The van der Waals surface area contributed by atoms with Crippen LogP contribution in [0.25, 0.3) is 0 Å². The van der Waals surface area contributed by atoms with Crippen molar-refractivity contribution in [3.05, 3.63) is 57.1 Å². The van der Waals surface area contributed by atoms with E-state index in [1.54, 1.807) is 11.0 Å². The number of nitrogens with zero attached hydrogens (tertiary/aromatic N) is 3. The van der Waals surface area contributed by atoms with Crippen LogP contribution in [0.4, 0.5) is 19.0 Å². The molecule has 0 saturated carbocycles. The second kappa shape index (κ2) is 6.99. The summed E-state index contributed by atoms with van der Waals surface area (Å²) in [5.41, 5.74) is -1.33. The Kier molecular flexibility index (Phi) is 4.90. The molecule has 0 atom stereocenters. The van der Waals surface area contributed by atoms with Crippen LogP contribution in [0.1, 0.15) is 15.9 Å². The van der Waals surface area contributed by atoms with Crippen molar-refractivity contribution in [2.24, 2.45) is 0 Å². The van der Waals surface area contributed by atoms with Crippen molar-refractivity contribution >= 4 is 23.3 Å². The van der Waals surface area contributed by atoms with Gasteiger partial charge in [0.1, 0.15) is 11.4 Å². The Morgan fingerprint density at radius 1 is 1.23 bits per heavy atom. The van der Waals surface area contributed by atoms with Gasteiger partial charge in [0.2, 0.25) is 0 Å². The Morgan fingerprint density at radius 3 is 2.50 bits per heavy atom. The number of hydrogen-bond acceptors (Lipinski definition) is 4. The van der Waals surface area contributed by atoms with E-state index in [-0.39, 0.29) is 16.4 Å². The smallest absolute Gasteiger partial charge is 0.352 e. The van der Waals surface area contributed by atoms with Gasteiger partial charge in [-0.3, -0.25) is 9.59 Å². The number of pyridine rings is 2. The molecular formula is C16H14ClF3N4O2. The van der Waals surface area contributed by atoms with E-state index >= 15 is 0 Å². The van der Waals surface area contributed by atoms with Gasteiger partial charge in [-0.05, 0) is 18.2 Å². The van der Waals surface area contributed by atoms with Gasteiger partial charge in [-0.2, -0.15) is 13.2 Å². The van der Waals surface area contributed by atoms with Crippen LogP contribution >= 0.6 is 11.6 Å². The van der Waals surface area contributed by atoms with E-state index in [4.69, 9.17) is 11.6 Å². The minimum Gasteiger partial charge on any atom is -0.352 e. The summed E-state index contributed by atoms with van der Waals surface area (Å²) in [6.07, 6.45) is -2.33. The third-order valence-electron chi connectivity index (χ3n) is 4.06. The summed E-state index contributed by atoms with van der Waals surface area (Å²) in [5.74, 6) is -0.151. The number of aromatic nitrogens is 2. The summed E-state index contributed by atoms with van der Waals surface area (Å²) in [4.78, 5) is 33.6. The van der Waals surface area contributed by atoms with Gasteiger partial charge in [0.25, 0.3) is 11.5 Å². The summed E-state index contributed by atoms with van der Waals surface area (Å²) in [5, 5.41) is -0.0981. The Morgan fingerprint density at radius 2 is 1.92 bits per heavy atom. The summed E-state index contributed by atoms with van der Waals surface area (Å²) >= 11 is 5.95. The van der Waals surface area contributed by atoms with Crippen molar-refractivity contribution in [2.45, 2.75) is 6.18 Å². The average molecular weight is 387 g/mol. The number of carbonyl (C=O) groups excluding carboxylic acids is 1. The predicted molar refractivity (Wildman–Crippen MR) is 89.4 cm³/mol. The van der Waals surface area contributed by atoms with Gasteiger partial charge in [-0.25, -0.2) is 4.98 Å². The molecule has 1 N–H and O–H groups in total. The Hall–Kier alpha value is -2.55. The number of halogens is 4. The Balaban J connectivity index is 1.70. The molecule has 10 heteroatoms. The molecule has 3 heterocycles. The molecule has 0 unspecified atom stereocenters. The lowest BCUT2D eigenvalue weighted by Gasteiger charge is -2.35. The highest BCUT2D eigenvalue weighted by atomic mass is 35.5. The zero-order valence-corrected chi connectivity index (χ0v) is 14.1. The topological polar surface area (TPSA) is 69.3 Å². The number of rotatable bonds is 2. The van der Waals surface area contributed by atoms with Gasteiger partial charge in [0.05, 0.1) is 10.6 Å². The standard InChI is InChI=1S/C16H14ClF3N4O2/c17-12-8-10(16(18,19)20)9-22-13(12)23-4-6-24(7-5-23)15(26)11-2-1-3-21-14(11)25/h1-3,8-9H,4-7H2,(H,21,25). The number of piperazine rings is 1. The van der Waals surface area contributed by atoms with Crippen molar-refractivity contribution in [3.8, 4) is 0 Å². The highest BCUT2D eigenvalue weighted by Gasteiger charge is 2.32. The third-order valence-corrected chi connectivity index (χ3v) is 4.34. The van der Waals surface area contributed by atoms with E-state index in [2.05, 4.69) is 9.97 Å². The number of aromatic amines is 1.